The van der Waals surface area contributed by atoms with Gasteiger partial charge in [0.15, 0.2) is 12.7 Å². The molecule has 2 rings (SSSR count). The smallest absolute Gasteiger partial charge is 0.347 e. The average molecular weight is 384 g/mol. The van der Waals surface area contributed by atoms with E-state index < -0.39 is 18.7 Å². The van der Waals surface area contributed by atoms with Crippen molar-refractivity contribution < 1.29 is 23.5 Å². The molecular weight excluding hydrogens is 363 g/mol. The number of nitriles is 1. The first-order chi connectivity index (χ1) is 13.4. The highest BCUT2D eigenvalue weighted by Gasteiger charge is 2.20. The number of rotatable bonds is 8. The Kier molecular flexibility index (Phi) is 7.52. The van der Waals surface area contributed by atoms with Gasteiger partial charge in [-0.3, -0.25) is 4.79 Å². The minimum atomic E-state index is -0.918. The lowest BCUT2D eigenvalue weighted by atomic mass is 10.2. The SMILES string of the molecule is CCN(Cc1cccc(F)c1)C(=O)COC(=O)[C@H](C)Oc1ccc(C#N)cc1. The highest BCUT2D eigenvalue weighted by Crippen LogP contribution is 2.14. The van der Waals surface area contributed by atoms with Crippen LogP contribution in [0.25, 0.3) is 0 Å². The molecule has 6 nitrogen and oxygen atoms in total. The fraction of sp³-hybridized carbons (Fsp3) is 0.286. The first-order valence-electron chi connectivity index (χ1n) is 8.78. The third kappa shape index (κ3) is 6.09. The summed E-state index contributed by atoms with van der Waals surface area (Å²) < 4.78 is 23.8. The van der Waals surface area contributed by atoms with Crippen molar-refractivity contribution in [1.82, 2.24) is 4.90 Å². The van der Waals surface area contributed by atoms with Gasteiger partial charge in [0.1, 0.15) is 11.6 Å². The van der Waals surface area contributed by atoms with Gasteiger partial charge in [-0.25, -0.2) is 9.18 Å². The van der Waals surface area contributed by atoms with Crippen LogP contribution in [-0.2, 0) is 20.9 Å². The van der Waals surface area contributed by atoms with Crippen LogP contribution < -0.4 is 4.74 Å². The van der Waals surface area contributed by atoms with Crippen LogP contribution in [0, 0.1) is 17.1 Å². The van der Waals surface area contributed by atoms with Gasteiger partial charge < -0.3 is 14.4 Å². The second-order valence-electron chi connectivity index (χ2n) is 6.04. The monoisotopic (exact) mass is 384 g/mol. The molecule has 2 aromatic rings. The molecule has 0 bridgehead atoms. The second-order valence-corrected chi connectivity index (χ2v) is 6.04. The van der Waals surface area contributed by atoms with Crippen molar-refractivity contribution in [2.75, 3.05) is 13.2 Å². The van der Waals surface area contributed by atoms with E-state index in [9.17, 15) is 14.0 Å². The van der Waals surface area contributed by atoms with Crippen molar-refractivity contribution in [2.24, 2.45) is 0 Å². The van der Waals surface area contributed by atoms with Crippen molar-refractivity contribution in [2.45, 2.75) is 26.5 Å². The molecule has 0 unspecified atom stereocenters. The first kappa shape index (κ1) is 20.9. The lowest BCUT2D eigenvalue weighted by Crippen LogP contribution is -2.36. The number of halogens is 1. The van der Waals surface area contributed by atoms with Gasteiger partial charge in [-0.1, -0.05) is 12.1 Å². The minimum Gasteiger partial charge on any atom is -0.479 e. The molecule has 0 aliphatic carbocycles. The third-order valence-corrected chi connectivity index (χ3v) is 3.96. The topological polar surface area (TPSA) is 79.6 Å². The van der Waals surface area contributed by atoms with E-state index in [1.54, 1.807) is 43.3 Å². The van der Waals surface area contributed by atoms with Crippen molar-refractivity contribution in [3.8, 4) is 11.8 Å². The fourth-order valence-electron chi connectivity index (χ4n) is 2.43. The predicted molar refractivity (Wildman–Crippen MR) is 99.7 cm³/mol. The number of amides is 1. The Bertz CT molecular complexity index is 861. The van der Waals surface area contributed by atoms with E-state index in [4.69, 9.17) is 14.7 Å². The van der Waals surface area contributed by atoms with E-state index in [2.05, 4.69) is 0 Å². The van der Waals surface area contributed by atoms with Crippen molar-refractivity contribution in [3.05, 3.63) is 65.5 Å². The predicted octanol–water partition coefficient (Wildman–Crippen LogP) is 3.06. The standard InChI is InChI=1S/C21H21FN2O4/c1-3-24(13-17-5-4-6-18(22)11-17)20(25)14-27-21(26)15(2)28-19-9-7-16(12-23)8-10-19/h4-11,15H,3,13-14H2,1-2H3/t15-/m0/s1. The summed E-state index contributed by atoms with van der Waals surface area (Å²) in [7, 11) is 0. The maximum atomic E-state index is 13.3. The van der Waals surface area contributed by atoms with Crippen LogP contribution in [0.4, 0.5) is 4.39 Å². The van der Waals surface area contributed by atoms with E-state index in [-0.39, 0.29) is 18.3 Å². The summed E-state index contributed by atoms with van der Waals surface area (Å²) in [5.74, 6) is -1.03. The van der Waals surface area contributed by atoms with Crippen molar-refractivity contribution in [3.63, 3.8) is 0 Å². The Morgan fingerprint density at radius 3 is 2.54 bits per heavy atom. The molecule has 0 spiro atoms. The first-order valence-corrected chi connectivity index (χ1v) is 8.78. The number of ether oxygens (including phenoxy) is 2. The average Bonchev–Trinajstić information content (AvgIpc) is 2.70. The largest absolute Gasteiger partial charge is 0.479 e. The molecule has 0 fully saturated rings. The third-order valence-electron chi connectivity index (χ3n) is 3.96. The van der Waals surface area contributed by atoms with E-state index in [0.717, 1.165) is 0 Å². The lowest BCUT2D eigenvalue weighted by Gasteiger charge is -2.21. The molecule has 1 amide bonds. The number of hydrogen-bond donors (Lipinski definition) is 0. The maximum absolute atomic E-state index is 13.3. The molecular formula is C21H21FN2O4. The van der Waals surface area contributed by atoms with Crippen molar-refractivity contribution in [1.29, 1.82) is 5.26 Å². The van der Waals surface area contributed by atoms with Crippen LogP contribution in [0.5, 0.6) is 5.75 Å². The molecule has 0 saturated heterocycles. The van der Waals surface area contributed by atoms with E-state index in [1.807, 2.05) is 6.07 Å². The molecule has 0 aliphatic heterocycles. The van der Waals surface area contributed by atoms with E-state index >= 15 is 0 Å². The molecule has 0 aliphatic rings. The molecule has 7 heteroatoms. The van der Waals surface area contributed by atoms with Crippen LogP contribution in [0.15, 0.2) is 48.5 Å². The van der Waals surface area contributed by atoms with Crippen LogP contribution >= 0.6 is 0 Å². The lowest BCUT2D eigenvalue weighted by molar-refractivity contribution is -0.157. The number of benzene rings is 2. The molecule has 0 N–H and O–H groups in total. The number of hydrogen-bond acceptors (Lipinski definition) is 5. The van der Waals surface area contributed by atoms with Gasteiger partial charge in [-0.2, -0.15) is 5.26 Å². The molecule has 28 heavy (non-hydrogen) atoms. The van der Waals surface area contributed by atoms with Gasteiger partial charge in [0, 0.05) is 13.1 Å². The van der Waals surface area contributed by atoms with Crippen LogP contribution in [0.3, 0.4) is 0 Å². The zero-order chi connectivity index (χ0) is 20.5. The van der Waals surface area contributed by atoms with Gasteiger partial charge in [-0.15, -0.1) is 0 Å². The molecule has 0 radical (unpaired) electrons. The summed E-state index contributed by atoms with van der Waals surface area (Å²) in [4.78, 5) is 25.8. The quantitative estimate of drug-likeness (QED) is 0.654. The highest BCUT2D eigenvalue weighted by molar-refractivity contribution is 5.82. The number of nitrogens with zero attached hydrogens (tertiary/aromatic N) is 2. The molecule has 1 atom stereocenters. The van der Waals surface area contributed by atoms with Gasteiger partial charge in [0.2, 0.25) is 0 Å². The zero-order valence-electron chi connectivity index (χ0n) is 15.7. The van der Waals surface area contributed by atoms with E-state index in [0.29, 0.717) is 23.4 Å². The normalized spacial score (nSPS) is 11.2. The second kappa shape index (κ2) is 10.1. The number of likely N-dealkylation sites (N-methyl/N-ethyl adjacent to an activating group) is 1. The molecule has 0 saturated carbocycles. The Morgan fingerprint density at radius 1 is 1.21 bits per heavy atom. The minimum absolute atomic E-state index is 0.224. The summed E-state index contributed by atoms with van der Waals surface area (Å²) in [6.45, 7) is 3.49. The maximum Gasteiger partial charge on any atom is 0.347 e. The van der Waals surface area contributed by atoms with Crippen LogP contribution in [0.2, 0.25) is 0 Å². The summed E-state index contributed by atoms with van der Waals surface area (Å²) in [6, 6.07) is 14.3. The number of carbonyl (C=O) groups is 2. The molecule has 0 heterocycles. The Morgan fingerprint density at radius 2 is 1.93 bits per heavy atom. The summed E-state index contributed by atoms with van der Waals surface area (Å²) >= 11 is 0. The molecule has 2 aromatic carbocycles. The molecule has 0 aromatic heterocycles. The number of carbonyl (C=O) groups excluding carboxylic acids is 2. The van der Waals surface area contributed by atoms with E-state index in [1.165, 1.54) is 24.0 Å². The number of esters is 1. The molecule has 146 valence electrons. The van der Waals surface area contributed by atoms with Gasteiger partial charge in [-0.05, 0) is 55.8 Å². The van der Waals surface area contributed by atoms with Gasteiger partial charge in [0.25, 0.3) is 5.91 Å². The summed E-state index contributed by atoms with van der Waals surface area (Å²) in [6.07, 6.45) is -0.918. The Labute approximate surface area is 163 Å². The van der Waals surface area contributed by atoms with Gasteiger partial charge >= 0.3 is 5.97 Å². The van der Waals surface area contributed by atoms with Crippen LogP contribution in [-0.4, -0.2) is 36.0 Å². The zero-order valence-corrected chi connectivity index (χ0v) is 15.7. The fourth-order valence-corrected chi connectivity index (χ4v) is 2.43. The summed E-state index contributed by atoms with van der Waals surface area (Å²) in [5.41, 5.74) is 1.13. The van der Waals surface area contributed by atoms with Gasteiger partial charge in [0.05, 0.1) is 11.6 Å². The van der Waals surface area contributed by atoms with Crippen molar-refractivity contribution >= 4 is 11.9 Å². The Hall–Kier alpha value is -3.40. The van der Waals surface area contributed by atoms with Crippen LogP contribution in [0.1, 0.15) is 25.0 Å². The Balaban J connectivity index is 1.85. The summed E-state index contributed by atoms with van der Waals surface area (Å²) in [5, 5.41) is 8.77. The highest BCUT2D eigenvalue weighted by atomic mass is 19.1.